The molecule has 1 heterocycles. The molecule has 0 aromatic carbocycles. The molecule has 0 saturated carbocycles. The average Bonchev–Trinajstić information content (AvgIpc) is 1.82. The monoisotopic (exact) mass is 170 g/mol. The van der Waals surface area contributed by atoms with Gasteiger partial charge in [-0.2, -0.15) is 0 Å². The van der Waals surface area contributed by atoms with Crippen molar-refractivity contribution in [2.75, 3.05) is 0 Å². The number of carbonyl (C=O) groups excluding carboxylic acids is 2. The minimum absolute atomic E-state index is 0.0150. The first-order valence-electron chi connectivity index (χ1n) is 3.20. The van der Waals surface area contributed by atoms with Crippen LogP contribution in [0, 0.1) is 10.1 Å². The topological polar surface area (TPSA) is 89.3 Å². The molecular weight excluding hydrogens is 164 g/mol. The number of nitrogens with zero attached hydrogens (tertiary/aromatic N) is 1. The van der Waals surface area contributed by atoms with Gasteiger partial charge in [-0.15, -0.1) is 0 Å². The number of carbonyl (C=O) groups is 2. The lowest BCUT2D eigenvalue weighted by Gasteiger charge is -2.10. The molecule has 6 nitrogen and oxygen atoms in total. The van der Waals surface area contributed by atoms with Crippen LogP contribution in [-0.4, -0.2) is 16.6 Å². The molecule has 0 fully saturated rings. The molecule has 0 atom stereocenters. The third-order valence-electron chi connectivity index (χ3n) is 1.45. The second-order valence-electron chi connectivity index (χ2n) is 2.38. The summed E-state index contributed by atoms with van der Waals surface area (Å²) in [5.41, 5.74) is -0.504. The van der Waals surface area contributed by atoms with E-state index in [-0.39, 0.29) is 5.70 Å². The molecule has 0 aromatic rings. The number of rotatable bonds is 1. The number of ketones is 1. The van der Waals surface area contributed by atoms with Gasteiger partial charge in [-0.1, -0.05) is 0 Å². The quantitative estimate of drug-likeness (QED) is 0.329. The zero-order valence-corrected chi connectivity index (χ0v) is 6.29. The van der Waals surface area contributed by atoms with Gasteiger partial charge in [0.25, 0.3) is 0 Å². The normalized spacial score (nSPS) is 17.8. The third-order valence-corrected chi connectivity index (χ3v) is 1.45. The minimum Gasteiger partial charge on any atom is -0.323 e. The second-order valence-corrected chi connectivity index (χ2v) is 2.38. The van der Waals surface area contributed by atoms with Crippen LogP contribution >= 0.6 is 0 Å². The van der Waals surface area contributed by atoms with Crippen molar-refractivity contribution in [1.82, 2.24) is 5.32 Å². The molecule has 0 radical (unpaired) electrons. The Kier molecular flexibility index (Phi) is 1.90. The van der Waals surface area contributed by atoms with E-state index < -0.39 is 28.7 Å². The summed E-state index contributed by atoms with van der Waals surface area (Å²) in [4.78, 5) is 31.0. The fourth-order valence-corrected chi connectivity index (χ4v) is 0.990. The molecule has 1 aliphatic rings. The Bertz CT molecular complexity index is 305. The molecular formula is C6H6N2O4. The van der Waals surface area contributed by atoms with Crippen molar-refractivity contribution < 1.29 is 14.5 Å². The van der Waals surface area contributed by atoms with Crippen molar-refractivity contribution in [2.45, 2.75) is 13.3 Å². The number of nitro groups is 1. The minimum atomic E-state index is -0.781. The van der Waals surface area contributed by atoms with Crippen molar-refractivity contribution >= 4 is 11.7 Å². The Labute approximate surface area is 67.4 Å². The van der Waals surface area contributed by atoms with Gasteiger partial charge in [0.1, 0.15) is 0 Å². The Morgan fingerprint density at radius 1 is 1.50 bits per heavy atom. The highest BCUT2D eigenvalue weighted by molar-refractivity contribution is 6.09. The smallest absolute Gasteiger partial charge is 0.323 e. The predicted octanol–water partition coefficient (Wildman–Crippen LogP) is -0.416. The molecule has 1 amide bonds. The summed E-state index contributed by atoms with van der Waals surface area (Å²) in [6.07, 6.45) is -0.437. The van der Waals surface area contributed by atoms with Crippen LogP contribution in [0.2, 0.25) is 0 Å². The van der Waals surface area contributed by atoms with Crippen LogP contribution in [0.5, 0.6) is 0 Å². The van der Waals surface area contributed by atoms with Gasteiger partial charge >= 0.3 is 5.70 Å². The van der Waals surface area contributed by atoms with E-state index in [2.05, 4.69) is 5.32 Å². The molecule has 1 N–H and O–H groups in total. The van der Waals surface area contributed by atoms with E-state index in [0.29, 0.717) is 0 Å². The van der Waals surface area contributed by atoms with Crippen LogP contribution in [0.25, 0.3) is 0 Å². The van der Waals surface area contributed by atoms with E-state index in [0.717, 1.165) is 0 Å². The highest BCUT2D eigenvalue weighted by Crippen LogP contribution is 2.11. The zero-order valence-electron chi connectivity index (χ0n) is 6.29. The maximum atomic E-state index is 10.9. The van der Waals surface area contributed by atoms with Gasteiger partial charge in [0, 0.05) is 0 Å². The summed E-state index contributed by atoms with van der Waals surface area (Å²) < 4.78 is 0. The zero-order chi connectivity index (χ0) is 9.30. The summed E-state index contributed by atoms with van der Waals surface area (Å²) in [5, 5.41) is 12.5. The van der Waals surface area contributed by atoms with E-state index in [1.807, 2.05) is 0 Å². The molecule has 0 spiro atoms. The van der Waals surface area contributed by atoms with E-state index in [9.17, 15) is 19.7 Å². The number of allylic oxidation sites excluding steroid dienone is 2. The van der Waals surface area contributed by atoms with Crippen LogP contribution in [0.15, 0.2) is 11.4 Å². The van der Waals surface area contributed by atoms with Gasteiger partial charge in [-0.25, -0.2) is 0 Å². The van der Waals surface area contributed by atoms with Crippen molar-refractivity contribution in [3.05, 3.63) is 21.5 Å². The lowest BCUT2D eigenvalue weighted by atomic mass is 10.1. The van der Waals surface area contributed by atoms with E-state index >= 15 is 0 Å². The Morgan fingerprint density at radius 2 is 2.08 bits per heavy atom. The number of amides is 1. The first kappa shape index (κ1) is 8.38. The summed E-state index contributed by atoms with van der Waals surface area (Å²) in [5.74, 6) is -1.23. The molecule has 0 bridgehead atoms. The first-order chi connectivity index (χ1) is 5.52. The fraction of sp³-hybridized carbons (Fsp3) is 0.333. The first-order valence-corrected chi connectivity index (χ1v) is 3.20. The summed E-state index contributed by atoms with van der Waals surface area (Å²) >= 11 is 0. The van der Waals surface area contributed by atoms with Gasteiger partial charge in [-0.3, -0.25) is 19.7 Å². The number of Topliss-reactive ketones (excluding diaryl/α,β-unsaturated/α-hetero) is 1. The number of nitrogens with one attached hydrogen (secondary N) is 1. The average molecular weight is 170 g/mol. The van der Waals surface area contributed by atoms with Crippen LogP contribution in [0.4, 0.5) is 0 Å². The van der Waals surface area contributed by atoms with E-state index in [4.69, 9.17) is 0 Å². The van der Waals surface area contributed by atoms with E-state index in [1.54, 1.807) is 0 Å². The van der Waals surface area contributed by atoms with Gasteiger partial charge < -0.3 is 5.32 Å². The largest absolute Gasteiger partial charge is 0.331 e. The van der Waals surface area contributed by atoms with Gasteiger partial charge in [-0.05, 0) is 6.92 Å². The lowest BCUT2D eigenvalue weighted by molar-refractivity contribution is -0.420. The molecule has 12 heavy (non-hydrogen) atoms. The summed E-state index contributed by atoms with van der Waals surface area (Å²) in [7, 11) is 0. The number of hydrogen-bond acceptors (Lipinski definition) is 4. The third kappa shape index (κ3) is 1.31. The molecule has 1 aliphatic heterocycles. The Morgan fingerprint density at radius 3 is 2.50 bits per heavy atom. The van der Waals surface area contributed by atoms with Crippen LogP contribution in [0.1, 0.15) is 13.3 Å². The highest BCUT2D eigenvalue weighted by atomic mass is 16.6. The Hall–Kier alpha value is -1.72. The van der Waals surface area contributed by atoms with Crippen LogP contribution in [0.3, 0.4) is 0 Å². The number of hydrogen-bond donors (Lipinski definition) is 1. The van der Waals surface area contributed by atoms with Gasteiger partial charge in [0.05, 0.1) is 17.0 Å². The van der Waals surface area contributed by atoms with Crippen molar-refractivity contribution in [3.8, 4) is 0 Å². The Balaban J connectivity index is 3.09. The van der Waals surface area contributed by atoms with Crippen LogP contribution < -0.4 is 5.32 Å². The SMILES string of the molecule is CC1=C([N+](=O)[O-])C(=O)CC(=O)N1. The molecule has 64 valence electrons. The molecule has 0 unspecified atom stereocenters. The standard InChI is InChI=1S/C6H6N2O4/c1-3-6(8(11)12)4(9)2-5(10)7-3/h2H2,1H3,(H,7,10). The van der Waals surface area contributed by atoms with Crippen molar-refractivity contribution in [1.29, 1.82) is 0 Å². The van der Waals surface area contributed by atoms with Crippen molar-refractivity contribution in [3.63, 3.8) is 0 Å². The maximum absolute atomic E-state index is 10.9. The molecule has 6 heteroatoms. The van der Waals surface area contributed by atoms with Gasteiger partial charge in [0.15, 0.2) is 0 Å². The predicted molar refractivity (Wildman–Crippen MR) is 37.5 cm³/mol. The fourth-order valence-electron chi connectivity index (χ4n) is 0.990. The molecule has 0 aromatic heterocycles. The molecule has 1 rings (SSSR count). The molecule has 0 saturated heterocycles. The second kappa shape index (κ2) is 2.72. The van der Waals surface area contributed by atoms with E-state index in [1.165, 1.54) is 6.92 Å². The van der Waals surface area contributed by atoms with Crippen LogP contribution in [-0.2, 0) is 9.59 Å². The molecule has 0 aliphatic carbocycles. The summed E-state index contributed by atoms with van der Waals surface area (Å²) in [6.45, 7) is 1.33. The summed E-state index contributed by atoms with van der Waals surface area (Å²) in [6, 6.07) is 0. The van der Waals surface area contributed by atoms with Crippen molar-refractivity contribution in [2.24, 2.45) is 0 Å². The highest BCUT2D eigenvalue weighted by Gasteiger charge is 2.32. The lowest BCUT2D eigenvalue weighted by Crippen LogP contribution is -2.34. The maximum Gasteiger partial charge on any atom is 0.331 e. The van der Waals surface area contributed by atoms with Gasteiger partial charge in [0.2, 0.25) is 11.7 Å².